The first-order valence-corrected chi connectivity index (χ1v) is 3.50. The highest BCUT2D eigenvalue weighted by molar-refractivity contribution is 5.90. The zero-order valence-corrected chi connectivity index (χ0v) is 5.85. The molecule has 1 heterocycles. The van der Waals surface area contributed by atoms with Crippen LogP contribution in [-0.2, 0) is 4.79 Å². The summed E-state index contributed by atoms with van der Waals surface area (Å²) >= 11 is 0. The Morgan fingerprint density at radius 2 is 2.60 bits per heavy atom. The fraction of sp³-hybridized carbons (Fsp3) is 0.714. The van der Waals surface area contributed by atoms with Gasteiger partial charge in [0.2, 0.25) is 0 Å². The van der Waals surface area contributed by atoms with E-state index < -0.39 is 5.97 Å². The number of aliphatic carboxylic acids is 1. The van der Waals surface area contributed by atoms with E-state index in [0.717, 1.165) is 18.9 Å². The topological polar surface area (TPSA) is 49.3 Å². The van der Waals surface area contributed by atoms with Gasteiger partial charge in [-0.05, 0) is 13.3 Å². The quantitative estimate of drug-likeness (QED) is 0.540. The SMILES string of the molecule is CC1NCC12C[C]2C(=O)O. The van der Waals surface area contributed by atoms with Crippen LogP contribution in [0.1, 0.15) is 13.3 Å². The monoisotopic (exact) mass is 140 g/mol. The second-order valence-corrected chi connectivity index (χ2v) is 3.22. The lowest BCUT2D eigenvalue weighted by atomic mass is 9.87. The number of carbonyl (C=O) groups is 1. The lowest BCUT2D eigenvalue weighted by molar-refractivity contribution is -0.134. The molecule has 1 aliphatic carbocycles. The van der Waals surface area contributed by atoms with Gasteiger partial charge in [-0.3, -0.25) is 4.79 Å². The van der Waals surface area contributed by atoms with Crippen molar-refractivity contribution in [2.45, 2.75) is 19.4 Å². The smallest absolute Gasteiger partial charge is 0.311 e. The van der Waals surface area contributed by atoms with Crippen LogP contribution < -0.4 is 5.32 Å². The minimum absolute atomic E-state index is 0.0752. The fourth-order valence-corrected chi connectivity index (χ4v) is 1.70. The number of hydrogen-bond acceptors (Lipinski definition) is 2. The molecule has 1 saturated heterocycles. The van der Waals surface area contributed by atoms with Crippen molar-refractivity contribution in [3.63, 3.8) is 0 Å². The van der Waals surface area contributed by atoms with Crippen LogP contribution in [0.3, 0.4) is 0 Å². The molecule has 2 aliphatic rings. The molecule has 10 heavy (non-hydrogen) atoms. The van der Waals surface area contributed by atoms with Gasteiger partial charge in [-0.15, -0.1) is 0 Å². The molecule has 2 unspecified atom stereocenters. The lowest BCUT2D eigenvalue weighted by Crippen LogP contribution is -2.54. The molecule has 2 atom stereocenters. The molecule has 0 aromatic carbocycles. The molecule has 2 fully saturated rings. The van der Waals surface area contributed by atoms with Gasteiger partial charge < -0.3 is 10.4 Å². The first-order chi connectivity index (χ1) is 4.67. The first kappa shape index (κ1) is 6.16. The predicted octanol–water partition coefficient (Wildman–Crippen LogP) is 0.0273. The van der Waals surface area contributed by atoms with Gasteiger partial charge in [-0.2, -0.15) is 0 Å². The van der Waals surface area contributed by atoms with E-state index in [9.17, 15) is 4.79 Å². The number of carboxylic acid groups (broad SMARTS) is 1. The Bertz CT molecular complexity index is 192. The van der Waals surface area contributed by atoms with Crippen LogP contribution in [0.4, 0.5) is 0 Å². The molecule has 0 bridgehead atoms. The Hall–Kier alpha value is -0.570. The number of rotatable bonds is 1. The molecule has 3 nitrogen and oxygen atoms in total. The van der Waals surface area contributed by atoms with Crippen LogP contribution in [0, 0.1) is 11.3 Å². The van der Waals surface area contributed by atoms with Crippen LogP contribution in [0.25, 0.3) is 0 Å². The Kier molecular flexibility index (Phi) is 0.944. The van der Waals surface area contributed by atoms with Gasteiger partial charge in [0.05, 0.1) is 5.92 Å². The van der Waals surface area contributed by atoms with Crippen molar-refractivity contribution < 1.29 is 9.90 Å². The summed E-state index contributed by atoms with van der Waals surface area (Å²) < 4.78 is 0. The molecule has 0 aromatic rings. The highest BCUT2D eigenvalue weighted by Gasteiger charge is 2.66. The molecule has 1 aliphatic heterocycles. The second kappa shape index (κ2) is 1.53. The highest BCUT2D eigenvalue weighted by atomic mass is 16.4. The van der Waals surface area contributed by atoms with Gasteiger partial charge in [0.25, 0.3) is 0 Å². The summed E-state index contributed by atoms with van der Waals surface area (Å²) in [6.07, 6.45) is 0.802. The summed E-state index contributed by atoms with van der Waals surface area (Å²) in [5, 5.41) is 11.8. The standard InChI is InChI=1S/C7H10NO2/c1-4-7(3-8-4)2-5(7)6(9)10/h4,8H,2-3H2,1H3,(H,9,10). The van der Waals surface area contributed by atoms with Crippen molar-refractivity contribution in [2.75, 3.05) is 6.54 Å². The third-order valence-corrected chi connectivity index (χ3v) is 2.78. The van der Waals surface area contributed by atoms with E-state index >= 15 is 0 Å². The average molecular weight is 140 g/mol. The molecule has 1 spiro atoms. The van der Waals surface area contributed by atoms with Crippen molar-refractivity contribution in [1.29, 1.82) is 0 Å². The van der Waals surface area contributed by atoms with E-state index in [1.807, 2.05) is 6.92 Å². The third kappa shape index (κ3) is 0.515. The van der Waals surface area contributed by atoms with Gasteiger partial charge in [0.1, 0.15) is 0 Å². The number of nitrogens with one attached hydrogen (secondary N) is 1. The Morgan fingerprint density at radius 3 is 2.70 bits per heavy atom. The molecule has 1 saturated carbocycles. The van der Waals surface area contributed by atoms with E-state index in [4.69, 9.17) is 5.11 Å². The zero-order valence-electron chi connectivity index (χ0n) is 5.85. The molecule has 0 aromatic heterocycles. The first-order valence-electron chi connectivity index (χ1n) is 3.50. The van der Waals surface area contributed by atoms with E-state index in [-0.39, 0.29) is 5.41 Å². The second-order valence-electron chi connectivity index (χ2n) is 3.22. The molecule has 2 N–H and O–H groups in total. The minimum atomic E-state index is -0.701. The van der Waals surface area contributed by atoms with Gasteiger partial charge in [0.15, 0.2) is 0 Å². The Labute approximate surface area is 59.4 Å². The minimum Gasteiger partial charge on any atom is -0.481 e. The maximum atomic E-state index is 10.5. The highest BCUT2D eigenvalue weighted by Crippen LogP contribution is 2.60. The predicted molar refractivity (Wildman–Crippen MR) is 35.4 cm³/mol. The largest absolute Gasteiger partial charge is 0.481 e. The Morgan fingerprint density at radius 1 is 1.90 bits per heavy atom. The molecule has 1 radical (unpaired) electrons. The summed E-state index contributed by atoms with van der Waals surface area (Å²) in [6, 6.07) is 0.388. The molecule has 55 valence electrons. The van der Waals surface area contributed by atoms with Crippen LogP contribution in [-0.4, -0.2) is 23.7 Å². The van der Waals surface area contributed by atoms with Gasteiger partial charge in [-0.25, -0.2) is 0 Å². The summed E-state index contributed by atoms with van der Waals surface area (Å²) in [4.78, 5) is 10.5. The maximum absolute atomic E-state index is 10.5. The van der Waals surface area contributed by atoms with Crippen molar-refractivity contribution in [2.24, 2.45) is 5.41 Å². The van der Waals surface area contributed by atoms with E-state index in [2.05, 4.69) is 5.32 Å². The van der Waals surface area contributed by atoms with Gasteiger partial charge >= 0.3 is 5.97 Å². The maximum Gasteiger partial charge on any atom is 0.311 e. The van der Waals surface area contributed by atoms with Gasteiger partial charge in [0, 0.05) is 18.0 Å². The molecule has 2 rings (SSSR count). The Balaban J connectivity index is 2.05. The third-order valence-electron chi connectivity index (χ3n) is 2.78. The van der Waals surface area contributed by atoms with Crippen LogP contribution in [0.5, 0.6) is 0 Å². The molecular weight excluding hydrogens is 130 g/mol. The van der Waals surface area contributed by atoms with Crippen molar-refractivity contribution in [3.05, 3.63) is 5.92 Å². The molecular formula is C7H10NO2. The number of carboxylic acids is 1. The summed E-state index contributed by atoms with van der Waals surface area (Å²) in [5.74, 6) is 0.0205. The van der Waals surface area contributed by atoms with Crippen molar-refractivity contribution in [1.82, 2.24) is 5.32 Å². The fourth-order valence-electron chi connectivity index (χ4n) is 1.70. The van der Waals surface area contributed by atoms with Crippen LogP contribution in [0.2, 0.25) is 0 Å². The molecule has 0 amide bonds. The lowest BCUT2D eigenvalue weighted by Gasteiger charge is -2.36. The summed E-state index contributed by atoms with van der Waals surface area (Å²) in [5.41, 5.74) is 0.0752. The van der Waals surface area contributed by atoms with E-state index in [0.29, 0.717) is 6.04 Å². The van der Waals surface area contributed by atoms with Gasteiger partial charge in [-0.1, -0.05) is 0 Å². The van der Waals surface area contributed by atoms with Crippen LogP contribution in [0.15, 0.2) is 0 Å². The normalized spacial score (nSPS) is 45.1. The van der Waals surface area contributed by atoms with E-state index in [1.54, 1.807) is 0 Å². The summed E-state index contributed by atoms with van der Waals surface area (Å²) in [7, 11) is 0. The van der Waals surface area contributed by atoms with Crippen LogP contribution >= 0.6 is 0 Å². The van der Waals surface area contributed by atoms with Crippen molar-refractivity contribution in [3.8, 4) is 0 Å². The number of hydrogen-bond donors (Lipinski definition) is 2. The van der Waals surface area contributed by atoms with Crippen molar-refractivity contribution >= 4 is 5.97 Å². The average Bonchev–Trinajstić information content (AvgIpc) is 2.60. The summed E-state index contributed by atoms with van der Waals surface area (Å²) in [6.45, 7) is 2.91. The zero-order chi connectivity index (χ0) is 7.35. The van der Waals surface area contributed by atoms with E-state index in [1.165, 1.54) is 0 Å². The molecule has 3 heteroatoms.